The molecule has 19 atom stereocenters. The largest absolute Gasteiger partial charge is 0.497 e. The van der Waals surface area contributed by atoms with Crippen molar-refractivity contribution in [3.63, 3.8) is 0 Å². The number of benzene rings is 4. The van der Waals surface area contributed by atoms with Crippen molar-refractivity contribution in [1.82, 2.24) is 87.4 Å². The minimum atomic E-state index is -3.37. The van der Waals surface area contributed by atoms with E-state index in [0.29, 0.717) is 109 Å². The van der Waals surface area contributed by atoms with Crippen LogP contribution in [0.4, 0.5) is 23.4 Å². The Bertz CT molecular complexity index is 6130. The van der Waals surface area contributed by atoms with Crippen molar-refractivity contribution in [2.75, 3.05) is 72.4 Å². The third-order valence-electron chi connectivity index (χ3n) is 23.7. The number of halogens is 4. The van der Waals surface area contributed by atoms with Gasteiger partial charge in [0.1, 0.15) is 103 Å². The summed E-state index contributed by atoms with van der Waals surface area (Å²) >= 11 is 0. The Balaban J connectivity index is 0.000000182. The van der Waals surface area contributed by atoms with Crippen LogP contribution in [0, 0.1) is 38.7 Å². The highest BCUT2D eigenvalue weighted by molar-refractivity contribution is 7.89. The van der Waals surface area contributed by atoms with Crippen molar-refractivity contribution in [3.05, 3.63) is 211 Å². The van der Waals surface area contributed by atoms with E-state index in [1.807, 2.05) is 112 Å². The van der Waals surface area contributed by atoms with Gasteiger partial charge in [0.25, 0.3) is 5.91 Å². The summed E-state index contributed by atoms with van der Waals surface area (Å²) in [6.07, 6.45) is -9.03. The Hall–Kier alpha value is -9.90. The second-order valence-corrected chi connectivity index (χ2v) is 39.4. The molecule has 8 unspecified atom stereocenters. The number of nitriles is 1. The minimum absolute atomic E-state index is 0.0269. The van der Waals surface area contributed by atoms with Crippen LogP contribution in [0.15, 0.2) is 160 Å². The average Bonchev–Trinajstić information content (AvgIpc) is 1.51. The van der Waals surface area contributed by atoms with Crippen molar-refractivity contribution >= 4 is 104 Å². The van der Waals surface area contributed by atoms with Crippen LogP contribution in [0.2, 0.25) is 0 Å². The first-order valence-corrected chi connectivity index (χ1v) is 50.4. The summed E-state index contributed by atoms with van der Waals surface area (Å²) in [6, 6.07) is 37.7. The summed E-state index contributed by atoms with van der Waals surface area (Å²) in [5.74, 6) is 0.962. The van der Waals surface area contributed by atoms with Gasteiger partial charge in [-0.2, -0.15) is 5.26 Å². The molecule has 1 amide bonds. The molecule has 17 rings (SSSR count). The SMILES string of the molecule is CC(C)N(C(C)C)P(C)N(C(C)C)C(C)C.[BH3-][P+](C)(OC[C@H]1O[C@@H](n2cnc3c(C)ncnc32)[C@@H](F)C1OC(c1ccccc1)(c1ccc(OC)cc1)c1ccc(OC)cc1)OC1C(n2cnc3c(C)ncnc32)OC(CC)[C@@H]1F.[BH3-][P+]1(OCC[N+]#[C-])OC[C@H]2O[C@@H](n3cnc4c(C)ncnc43)[C@H](F)[C@@H]2OP(OCCC#N)OC[C@H]2O[C@@H](n3cnc4c(NC(=O)c5ccccc5)ncnc43)[C@H](O1)C2F. The topological polar surface area (TPSA) is 377 Å². The van der Waals surface area contributed by atoms with Crippen LogP contribution in [0.1, 0.15) is 144 Å². The number of hydrogen-bond donors (Lipinski definition) is 1. The second-order valence-electron chi connectivity index (χ2n) is 33.8. The molecule has 12 aromatic rings. The molecule has 47 heteroatoms. The van der Waals surface area contributed by atoms with Gasteiger partial charge in [-0.15, -0.1) is 0 Å². The Kier molecular flexibility index (Phi) is 33.9. The van der Waals surface area contributed by atoms with Crippen molar-refractivity contribution in [2.24, 2.45) is 0 Å². The fraction of sp³-hybridized carbons (Fsp3) is 0.489. The van der Waals surface area contributed by atoms with E-state index in [-0.39, 0.29) is 64.6 Å². The lowest BCUT2D eigenvalue weighted by Gasteiger charge is -2.45. The Labute approximate surface area is 808 Å². The summed E-state index contributed by atoms with van der Waals surface area (Å²) in [6.45, 7) is 36.2. The second kappa shape index (κ2) is 45.6. The molecular formula is C92H117B2F4N21O16P4. The molecule has 37 nitrogen and oxygen atoms in total. The quantitative estimate of drug-likeness (QED) is 0.0105. The van der Waals surface area contributed by atoms with E-state index in [4.69, 9.17) is 75.9 Å². The van der Waals surface area contributed by atoms with Crippen LogP contribution in [0.3, 0.4) is 0 Å². The molecule has 0 aliphatic carbocycles. The van der Waals surface area contributed by atoms with Crippen molar-refractivity contribution in [2.45, 2.75) is 224 Å². The maximum absolute atomic E-state index is 17.9. The number of ether oxygens (including phenoxy) is 7. The van der Waals surface area contributed by atoms with Gasteiger partial charge in [-0.25, -0.2) is 102 Å². The van der Waals surface area contributed by atoms with E-state index in [1.54, 1.807) is 66.9 Å². The summed E-state index contributed by atoms with van der Waals surface area (Å²) < 4.78 is 174. The monoisotopic (exact) mass is 1990 g/mol. The molecule has 0 radical (unpaired) electrons. The number of methoxy groups -OCH3 is 2. The number of carbonyl (C=O) groups excluding carboxylic acids is 1. The maximum atomic E-state index is 17.9. The molecule has 740 valence electrons. The van der Waals surface area contributed by atoms with Crippen LogP contribution >= 0.6 is 32.2 Å². The van der Waals surface area contributed by atoms with E-state index in [0.717, 1.165) is 5.56 Å². The molecule has 1 N–H and O–H groups in total. The number of imidazole rings is 4. The number of nitrogens with one attached hydrogen (secondary N) is 1. The molecule has 0 spiro atoms. The highest BCUT2D eigenvalue weighted by atomic mass is 31.2. The van der Waals surface area contributed by atoms with E-state index in [9.17, 15) is 10.1 Å². The Morgan fingerprint density at radius 1 is 0.612 bits per heavy atom. The first-order chi connectivity index (χ1) is 66.8. The van der Waals surface area contributed by atoms with E-state index >= 15 is 17.6 Å². The Morgan fingerprint density at radius 2 is 1.09 bits per heavy atom. The predicted molar refractivity (Wildman–Crippen MR) is 522 cm³/mol. The van der Waals surface area contributed by atoms with Gasteiger partial charge >= 0.3 is 8.60 Å². The van der Waals surface area contributed by atoms with Gasteiger partial charge in [0.05, 0.1) is 103 Å². The molecule has 5 aliphatic heterocycles. The first kappa shape index (κ1) is 103. The number of carbonyl (C=O) groups is 1. The zero-order chi connectivity index (χ0) is 98.9. The lowest BCUT2D eigenvalue weighted by molar-refractivity contribution is -0.103. The molecule has 5 fully saturated rings. The Morgan fingerprint density at radius 3 is 1.61 bits per heavy atom. The lowest BCUT2D eigenvalue weighted by Crippen LogP contribution is -2.44. The van der Waals surface area contributed by atoms with Gasteiger partial charge in [-0.3, -0.25) is 36.9 Å². The highest BCUT2D eigenvalue weighted by Crippen LogP contribution is 2.63. The third kappa shape index (κ3) is 22.5. The lowest BCUT2D eigenvalue weighted by atomic mass is 9.79. The van der Waals surface area contributed by atoms with E-state index < -0.39 is 156 Å². The smallest absolute Gasteiger partial charge is 0.333 e. The molecule has 13 heterocycles. The summed E-state index contributed by atoms with van der Waals surface area (Å²) in [7, 11) is -7.37. The van der Waals surface area contributed by atoms with Gasteiger partial charge in [0.15, 0.2) is 110 Å². The molecule has 0 saturated carbocycles. The molecule has 2 bridgehead atoms. The van der Waals surface area contributed by atoms with Crippen LogP contribution < -0.4 is 14.8 Å². The number of aryl methyl sites for hydroxylation is 3. The summed E-state index contributed by atoms with van der Waals surface area (Å²) in [4.78, 5) is 68.9. The number of aromatic nitrogens is 16. The van der Waals surface area contributed by atoms with E-state index in [1.165, 1.54) is 53.4 Å². The zero-order valence-electron chi connectivity index (χ0n) is 78.5. The van der Waals surface area contributed by atoms with E-state index in [2.05, 4.69) is 141 Å². The average molecular weight is 1990 g/mol. The van der Waals surface area contributed by atoms with Gasteiger partial charge in [-0.05, 0) is 142 Å². The number of alkyl halides is 4. The van der Waals surface area contributed by atoms with Crippen molar-refractivity contribution < 1.29 is 91.7 Å². The predicted octanol–water partition coefficient (Wildman–Crippen LogP) is 14.5. The van der Waals surface area contributed by atoms with Gasteiger partial charge in [0.2, 0.25) is 21.9 Å². The number of nitrogens with zero attached hydrogens (tertiary/aromatic N) is 20. The summed E-state index contributed by atoms with van der Waals surface area (Å²) in [5.41, 5.74) is 6.30. The maximum Gasteiger partial charge on any atom is 0.333 e. The van der Waals surface area contributed by atoms with Crippen LogP contribution in [-0.4, -0.2) is 273 Å². The van der Waals surface area contributed by atoms with Crippen molar-refractivity contribution in [1.29, 1.82) is 5.26 Å². The fourth-order valence-electron chi connectivity index (χ4n) is 17.5. The zero-order valence-corrected chi connectivity index (χ0v) is 82.1. The number of fused-ring (bicyclic) bond motifs is 7. The third-order valence-corrected chi connectivity index (χ3v) is 30.3. The van der Waals surface area contributed by atoms with Gasteiger partial charge in [0, 0.05) is 38.0 Å². The number of hydrogen-bond acceptors (Lipinski definition) is 31. The molecule has 4 aromatic carbocycles. The fourth-order valence-corrected chi connectivity index (χ4v) is 23.7. The number of anilines is 1. The molecule has 139 heavy (non-hydrogen) atoms. The highest BCUT2D eigenvalue weighted by Gasteiger charge is 2.59. The summed E-state index contributed by atoms with van der Waals surface area (Å²) in [5, 5.41) is 12.0. The van der Waals surface area contributed by atoms with Crippen LogP contribution in [0.25, 0.3) is 49.5 Å². The van der Waals surface area contributed by atoms with Crippen LogP contribution in [-0.2, 0) is 65.5 Å². The first-order valence-electron chi connectivity index (χ1n) is 44.8. The minimum Gasteiger partial charge on any atom is -0.497 e. The normalized spacial score (nSPS) is 25.6. The number of amides is 1. The van der Waals surface area contributed by atoms with Gasteiger partial charge < -0.3 is 56.9 Å². The van der Waals surface area contributed by atoms with Crippen LogP contribution in [0.5, 0.6) is 11.5 Å². The molecular weight excluding hydrogens is 1880 g/mol. The standard InChI is InChI=1S/C45H50BF2N8O7P.C34H36BF2N11O9P2.C13H31N2P/c1-7-33-35(47)40(44(60-33)56-25-54-38-27(3)50-23-52-42(38)56)63-64(6,46)59-21-34-39(36(48)43(61-34)55-24-53-37-26(2)49-22-51-41(37)55)62-45(28-11-9-8-10-12-28,29-13-17-31(57-4)18-14-29)30-15-19-32(58-5)20-16-30;1-19-25-30(42-15-40-19)47(17-44-25)33-24(37)27-22(55-33)14-53-59(35,52-12-10-39-2)57-28-23(36)21(13-51-58(56-27)50-11-6-9-38)54-34(28)48-18-45-26-29(41-16-43-31(26)48)46-32(49)20-7-4-3-5-8-20;1-10(2)14(11(3)4)16(9)15(12(5)6)13(7)8/h8-20,22-25,33-36,39-40,43-44H,7,21H2,1-6,46H3;3-5,7-8,15-18,21-24,27-28,33-34H,6,10-14H2,1,35H3,(H,41,43,46,49);10-13H,1-9H3/t33?,34-,35+,36+,39?,40?,43-,44?,64?;21-,22-,23?,24-,27-,28-,33-,34-,58?,59?;/m11./s1. The molecule has 8 aromatic heterocycles. The molecule has 5 aliphatic rings. The van der Waals surface area contributed by atoms with Crippen molar-refractivity contribution in [3.8, 4) is 17.6 Å². The van der Waals surface area contributed by atoms with Gasteiger partial charge in [-0.1, -0.05) is 79.7 Å². The molecule has 5 saturated heterocycles. The number of rotatable bonds is 31.